The van der Waals surface area contributed by atoms with Crippen LogP contribution in [0.15, 0.2) is 12.3 Å². The smallest absolute Gasteiger partial charge is 0.0594 e. The molecule has 1 aliphatic heterocycles. The number of nitrogens with two attached hydrogens (primary N) is 1. The number of hydrogen-bond acceptors (Lipinski definition) is 3. The van der Waals surface area contributed by atoms with Gasteiger partial charge in [-0.2, -0.15) is 0 Å². The molecule has 0 aliphatic carbocycles. The quantitative estimate of drug-likeness (QED) is 0.580. The normalized spacial score (nSPS) is 20.8. The highest BCUT2D eigenvalue weighted by Gasteiger charge is 2.09. The van der Waals surface area contributed by atoms with Gasteiger partial charge in [0, 0.05) is 25.3 Å². The Hall–Kier alpha value is -0.540. The Bertz CT molecular complexity index is 119. The van der Waals surface area contributed by atoms with Crippen LogP contribution in [0.25, 0.3) is 0 Å². The van der Waals surface area contributed by atoms with Gasteiger partial charge in [0.2, 0.25) is 0 Å². The molecule has 0 unspecified atom stereocenters. The summed E-state index contributed by atoms with van der Waals surface area (Å²) in [6, 6.07) is 0. The van der Waals surface area contributed by atoms with E-state index in [4.69, 9.17) is 10.5 Å². The lowest BCUT2D eigenvalue weighted by atomic mass is 10.4. The average Bonchev–Trinajstić information content (AvgIpc) is 1.88. The highest BCUT2D eigenvalue weighted by Crippen LogP contribution is 1.97. The van der Waals surface area contributed by atoms with Crippen LogP contribution in [-0.2, 0) is 4.74 Å². The van der Waals surface area contributed by atoms with Crippen LogP contribution < -0.4 is 5.73 Å². The lowest BCUT2D eigenvalue weighted by Crippen LogP contribution is -2.38. The van der Waals surface area contributed by atoms with Gasteiger partial charge in [-0.15, -0.1) is 0 Å². The lowest BCUT2D eigenvalue weighted by molar-refractivity contribution is 0.0422. The zero-order valence-corrected chi connectivity index (χ0v) is 6.18. The summed E-state index contributed by atoms with van der Waals surface area (Å²) < 4.78 is 5.17. The fraction of sp³-hybridized carbons (Fsp3) is 0.714. The van der Waals surface area contributed by atoms with Crippen molar-refractivity contribution < 1.29 is 4.74 Å². The van der Waals surface area contributed by atoms with Crippen LogP contribution in [0.1, 0.15) is 0 Å². The zero-order chi connectivity index (χ0) is 7.40. The SMILES string of the molecule is C=C(N)CN1CCOCC1. The average molecular weight is 142 g/mol. The molecule has 1 fully saturated rings. The second kappa shape index (κ2) is 3.58. The number of ether oxygens (including phenoxy) is 1. The van der Waals surface area contributed by atoms with E-state index in [2.05, 4.69) is 11.5 Å². The molecule has 58 valence electrons. The van der Waals surface area contributed by atoms with Gasteiger partial charge in [-0.1, -0.05) is 6.58 Å². The summed E-state index contributed by atoms with van der Waals surface area (Å²) in [5.74, 6) is 0. The van der Waals surface area contributed by atoms with E-state index in [9.17, 15) is 0 Å². The molecule has 0 amide bonds. The molecule has 0 bridgehead atoms. The molecule has 2 N–H and O–H groups in total. The second-order valence-electron chi connectivity index (χ2n) is 2.55. The molecule has 1 rings (SSSR count). The van der Waals surface area contributed by atoms with E-state index in [1.54, 1.807) is 0 Å². The Balaban J connectivity index is 2.19. The topological polar surface area (TPSA) is 38.5 Å². The maximum atomic E-state index is 5.45. The molecule has 0 aromatic heterocycles. The van der Waals surface area contributed by atoms with Gasteiger partial charge in [0.15, 0.2) is 0 Å². The third kappa shape index (κ3) is 2.37. The summed E-state index contributed by atoms with van der Waals surface area (Å²) in [7, 11) is 0. The molecule has 3 heteroatoms. The van der Waals surface area contributed by atoms with E-state index in [1.807, 2.05) is 0 Å². The molecule has 0 spiro atoms. The van der Waals surface area contributed by atoms with Crippen LogP contribution >= 0.6 is 0 Å². The van der Waals surface area contributed by atoms with Crippen molar-refractivity contribution in [1.82, 2.24) is 4.90 Å². The molecule has 1 heterocycles. The fourth-order valence-electron chi connectivity index (χ4n) is 1.05. The molecular weight excluding hydrogens is 128 g/mol. The molecular formula is C7H14N2O. The zero-order valence-electron chi connectivity index (χ0n) is 6.18. The number of rotatable bonds is 2. The first-order chi connectivity index (χ1) is 4.79. The minimum Gasteiger partial charge on any atom is -0.401 e. The molecule has 3 nitrogen and oxygen atoms in total. The minimum absolute atomic E-state index is 0.738. The fourth-order valence-corrected chi connectivity index (χ4v) is 1.05. The summed E-state index contributed by atoms with van der Waals surface area (Å²) >= 11 is 0. The largest absolute Gasteiger partial charge is 0.401 e. The van der Waals surface area contributed by atoms with Crippen molar-refractivity contribution in [3.05, 3.63) is 12.3 Å². The molecule has 0 saturated carbocycles. The lowest BCUT2D eigenvalue weighted by Gasteiger charge is -2.26. The molecule has 10 heavy (non-hydrogen) atoms. The first-order valence-corrected chi connectivity index (χ1v) is 3.52. The van der Waals surface area contributed by atoms with Crippen LogP contribution in [0.2, 0.25) is 0 Å². The first-order valence-electron chi connectivity index (χ1n) is 3.52. The Morgan fingerprint density at radius 1 is 1.50 bits per heavy atom. The van der Waals surface area contributed by atoms with Crippen molar-refractivity contribution in [2.75, 3.05) is 32.8 Å². The van der Waals surface area contributed by atoms with Crippen LogP contribution in [0, 0.1) is 0 Å². The van der Waals surface area contributed by atoms with Gasteiger partial charge in [0.25, 0.3) is 0 Å². The maximum absolute atomic E-state index is 5.45. The predicted octanol–water partition coefficient (Wildman–Crippen LogP) is -0.209. The monoisotopic (exact) mass is 142 g/mol. The molecule has 1 aliphatic rings. The Kier molecular flexibility index (Phi) is 2.71. The molecule has 1 saturated heterocycles. The van der Waals surface area contributed by atoms with Crippen LogP contribution in [-0.4, -0.2) is 37.7 Å². The summed E-state index contributed by atoms with van der Waals surface area (Å²) in [5.41, 5.74) is 6.18. The van der Waals surface area contributed by atoms with Crippen molar-refractivity contribution in [2.24, 2.45) is 5.73 Å². The van der Waals surface area contributed by atoms with E-state index in [-0.39, 0.29) is 0 Å². The highest BCUT2D eigenvalue weighted by atomic mass is 16.5. The van der Waals surface area contributed by atoms with Gasteiger partial charge in [-0.05, 0) is 0 Å². The molecule has 0 radical (unpaired) electrons. The number of morpholine rings is 1. The van der Waals surface area contributed by atoms with Gasteiger partial charge in [0.05, 0.1) is 13.2 Å². The highest BCUT2D eigenvalue weighted by molar-refractivity contribution is 4.90. The van der Waals surface area contributed by atoms with Crippen molar-refractivity contribution in [1.29, 1.82) is 0 Å². The van der Waals surface area contributed by atoms with Gasteiger partial charge >= 0.3 is 0 Å². The van der Waals surface area contributed by atoms with Gasteiger partial charge in [0.1, 0.15) is 0 Å². The van der Waals surface area contributed by atoms with Crippen LogP contribution in [0.5, 0.6) is 0 Å². The molecule has 0 atom stereocenters. The summed E-state index contributed by atoms with van der Waals surface area (Å²) in [4.78, 5) is 2.24. The molecule has 0 aromatic rings. The third-order valence-corrected chi connectivity index (χ3v) is 1.53. The van der Waals surface area contributed by atoms with E-state index in [0.717, 1.165) is 38.5 Å². The van der Waals surface area contributed by atoms with E-state index in [1.165, 1.54) is 0 Å². The minimum atomic E-state index is 0.738. The van der Waals surface area contributed by atoms with E-state index >= 15 is 0 Å². The Morgan fingerprint density at radius 2 is 2.10 bits per heavy atom. The maximum Gasteiger partial charge on any atom is 0.0594 e. The summed E-state index contributed by atoms with van der Waals surface area (Å²) in [6.07, 6.45) is 0. The van der Waals surface area contributed by atoms with Gasteiger partial charge in [-0.25, -0.2) is 0 Å². The summed E-state index contributed by atoms with van der Waals surface area (Å²) in [6.45, 7) is 8.07. The van der Waals surface area contributed by atoms with Gasteiger partial charge in [-0.3, -0.25) is 4.90 Å². The summed E-state index contributed by atoms with van der Waals surface area (Å²) in [5, 5.41) is 0. The third-order valence-electron chi connectivity index (χ3n) is 1.53. The second-order valence-corrected chi connectivity index (χ2v) is 2.55. The van der Waals surface area contributed by atoms with Crippen molar-refractivity contribution in [3.8, 4) is 0 Å². The first kappa shape index (κ1) is 7.57. The number of hydrogen-bond donors (Lipinski definition) is 1. The standard InChI is InChI=1S/C7H14N2O/c1-7(8)6-9-2-4-10-5-3-9/h1-6,8H2. The van der Waals surface area contributed by atoms with Crippen molar-refractivity contribution >= 4 is 0 Å². The Morgan fingerprint density at radius 3 is 2.60 bits per heavy atom. The predicted molar refractivity (Wildman–Crippen MR) is 40.6 cm³/mol. The van der Waals surface area contributed by atoms with Gasteiger partial charge < -0.3 is 10.5 Å². The van der Waals surface area contributed by atoms with Crippen molar-refractivity contribution in [2.45, 2.75) is 0 Å². The van der Waals surface area contributed by atoms with Crippen molar-refractivity contribution in [3.63, 3.8) is 0 Å². The van der Waals surface area contributed by atoms with Crippen LogP contribution in [0.4, 0.5) is 0 Å². The Labute approximate surface area is 61.4 Å². The number of nitrogens with zero attached hydrogens (tertiary/aromatic N) is 1. The van der Waals surface area contributed by atoms with Crippen LogP contribution in [0.3, 0.4) is 0 Å². The van der Waals surface area contributed by atoms with E-state index < -0.39 is 0 Å². The molecule has 0 aromatic carbocycles. The van der Waals surface area contributed by atoms with E-state index in [0.29, 0.717) is 0 Å².